The molecule has 0 unspecified atom stereocenters. The molecule has 0 saturated carbocycles. The van der Waals surface area contributed by atoms with E-state index in [2.05, 4.69) is 41.3 Å². The van der Waals surface area contributed by atoms with Crippen LogP contribution in [0.4, 0.5) is 0 Å². The minimum Gasteiger partial charge on any atom is -0.356 e. The van der Waals surface area contributed by atoms with Crippen LogP contribution in [0.5, 0.6) is 0 Å². The van der Waals surface area contributed by atoms with Crippen molar-refractivity contribution in [1.82, 2.24) is 10.3 Å². The van der Waals surface area contributed by atoms with E-state index in [1.165, 1.54) is 5.56 Å². The summed E-state index contributed by atoms with van der Waals surface area (Å²) >= 11 is 0. The number of pyridine rings is 1. The second-order valence-electron chi connectivity index (χ2n) is 6.47. The molecule has 0 fully saturated rings. The predicted molar refractivity (Wildman–Crippen MR) is 99.3 cm³/mol. The quantitative estimate of drug-likeness (QED) is 0.489. The SMILES string of the molecule is Cc1c2c[n+](C)ccc2c(C(=O)NCC[NH3+])c2[nH]c3ccccc3c12. The molecule has 0 spiro atoms. The molecular formula is C20H22N4O+2. The average molecular weight is 334 g/mol. The van der Waals surface area contributed by atoms with Crippen molar-refractivity contribution >= 4 is 38.5 Å². The van der Waals surface area contributed by atoms with Gasteiger partial charge in [0.15, 0.2) is 12.4 Å². The third-order valence-corrected chi connectivity index (χ3v) is 4.79. The van der Waals surface area contributed by atoms with E-state index in [0.29, 0.717) is 18.7 Å². The predicted octanol–water partition coefficient (Wildman–Crippen LogP) is 1.58. The summed E-state index contributed by atoms with van der Waals surface area (Å²) in [5.41, 5.74) is 7.66. The van der Waals surface area contributed by atoms with Crippen LogP contribution in [0.15, 0.2) is 42.7 Å². The summed E-state index contributed by atoms with van der Waals surface area (Å²) in [6.07, 6.45) is 4.07. The maximum absolute atomic E-state index is 12.9. The molecule has 126 valence electrons. The summed E-state index contributed by atoms with van der Waals surface area (Å²) in [5.74, 6) is -0.0564. The number of carbonyl (C=O) groups is 1. The Morgan fingerprint density at radius 2 is 2.00 bits per heavy atom. The molecule has 4 rings (SSSR count). The number of H-pyrrole nitrogens is 1. The smallest absolute Gasteiger partial charge is 0.254 e. The number of amides is 1. The molecule has 5 N–H and O–H groups in total. The molecule has 2 heterocycles. The fourth-order valence-electron chi connectivity index (χ4n) is 3.63. The molecule has 4 aromatic rings. The van der Waals surface area contributed by atoms with Crippen LogP contribution in [-0.2, 0) is 7.05 Å². The lowest BCUT2D eigenvalue weighted by Crippen LogP contribution is -2.54. The Balaban J connectivity index is 2.18. The van der Waals surface area contributed by atoms with Crippen molar-refractivity contribution < 1.29 is 15.1 Å². The number of nitrogens with zero attached hydrogens (tertiary/aromatic N) is 1. The number of fused-ring (bicyclic) bond motifs is 4. The van der Waals surface area contributed by atoms with Crippen LogP contribution in [0, 0.1) is 6.92 Å². The number of rotatable bonds is 3. The number of benzene rings is 2. The topological polar surface area (TPSA) is 76.4 Å². The third-order valence-electron chi connectivity index (χ3n) is 4.79. The van der Waals surface area contributed by atoms with Gasteiger partial charge in [-0.2, -0.15) is 0 Å². The lowest BCUT2D eigenvalue weighted by molar-refractivity contribution is -0.670. The van der Waals surface area contributed by atoms with Crippen molar-refractivity contribution in [2.75, 3.05) is 13.1 Å². The number of aromatic amines is 1. The molecule has 0 radical (unpaired) electrons. The normalized spacial score (nSPS) is 11.5. The van der Waals surface area contributed by atoms with Crippen molar-refractivity contribution in [2.24, 2.45) is 7.05 Å². The van der Waals surface area contributed by atoms with Gasteiger partial charge in [-0.25, -0.2) is 4.57 Å². The van der Waals surface area contributed by atoms with Crippen LogP contribution < -0.4 is 15.6 Å². The number of hydrogen-bond donors (Lipinski definition) is 3. The van der Waals surface area contributed by atoms with Gasteiger partial charge in [0, 0.05) is 27.7 Å². The Bertz CT molecular complexity index is 1130. The molecule has 0 aliphatic heterocycles. The Morgan fingerprint density at radius 3 is 2.80 bits per heavy atom. The maximum atomic E-state index is 12.9. The highest BCUT2D eigenvalue weighted by atomic mass is 16.1. The highest BCUT2D eigenvalue weighted by Gasteiger charge is 2.21. The lowest BCUT2D eigenvalue weighted by Gasteiger charge is -2.11. The van der Waals surface area contributed by atoms with Gasteiger partial charge in [-0.05, 0) is 18.6 Å². The van der Waals surface area contributed by atoms with Gasteiger partial charge in [0.2, 0.25) is 0 Å². The van der Waals surface area contributed by atoms with Crippen LogP contribution in [0.3, 0.4) is 0 Å². The number of aromatic nitrogens is 2. The summed E-state index contributed by atoms with van der Waals surface area (Å²) in [5, 5.41) is 7.32. The van der Waals surface area contributed by atoms with Gasteiger partial charge in [0.25, 0.3) is 5.91 Å². The van der Waals surface area contributed by atoms with E-state index in [1.807, 2.05) is 36.0 Å². The van der Waals surface area contributed by atoms with Crippen molar-refractivity contribution in [3.05, 3.63) is 53.9 Å². The van der Waals surface area contributed by atoms with E-state index in [4.69, 9.17) is 0 Å². The molecule has 5 nitrogen and oxygen atoms in total. The van der Waals surface area contributed by atoms with Gasteiger partial charge in [0.1, 0.15) is 7.05 Å². The Morgan fingerprint density at radius 1 is 1.20 bits per heavy atom. The molecule has 0 bridgehead atoms. The summed E-state index contributed by atoms with van der Waals surface area (Å²) in [6.45, 7) is 3.36. The number of carbonyl (C=O) groups excluding carboxylic acids is 1. The molecule has 0 aliphatic carbocycles. The number of nitrogens with one attached hydrogen (secondary N) is 2. The zero-order valence-electron chi connectivity index (χ0n) is 14.5. The zero-order chi connectivity index (χ0) is 17.6. The van der Waals surface area contributed by atoms with Gasteiger partial charge >= 0.3 is 0 Å². The Labute approximate surface area is 145 Å². The van der Waals surface area contributed by atoms with Crippen LogP contribution in [0.2, 0.25) is 0 Å². The van der Waals surface area contributed by atoms with Gasteiger partial charge in [0.05, 0.1) is 29.6 Å². The average Bonchev–Trinajstić information content (AvgIpc) is 3.00. The van der Waals surface area contributed by atoms with Gasteiger partial charge in [-0.1, -0.05) is 18.2 Å². The Hall–Kier alpha value is -2.92. The minimum atomic E-state index is -0.0564. The zero-order valence-corrected chi connectivity index (χ0v) is 14.5. The first-order valence-corrected chi connectivity index (χ1v) is 8.51. The maximum Gasteiger partial charge on any atom is 0.254 e. The molecule has 2 aromatic heterocycles. The first-order chi connectivity index (χ1) is 12.1. The minimum absolute atomic E-state index is 0.0564. The number of quaternary nitrogens is 1. The Kier molecular flexibility index (Phi) is 3.66. The number of aryl methyl sites for hydroxylation is 2. The van der Waals surface area contributed by atoms with E-state index in [9.17, 15) is 4.79 Å². The van der Waals surface area contributed by atoms with Gasteiger partial charge in [-0.15, -0.1) is 0 Å². The van der Waals surface area contributed by atoms with Gasteiger partial charge in [-0.3, -0.25) is 4.79 Å². The van der Waals surface area contributed by atoms with Crippen LogP contribution in [0.25, 0.3) is 32.6 Å². The monoisotopic (exact) mass is 334 g/mol. The molecule has 0 aliphatic rings. The fourth-order valence-corrected chi connectivity index (χ4v) is 3.63. The summed E-state index contributed by atoms with van der Waals surface area (Å²) in [7, 11) is 2.00. The van der Waals surface area contributed by atoms with Crippen molar-refractivity contribution in [1.29, 1.82) is 0 Å². The summed E-state index contributed by atoms with van der Waals surface area (Å²) in [6, 6.07) is 10.2. The fraction of sp³-hybridized carbons (Fsp3) is 0.200. The van der Waals surface area contributed by atoms with E-state index in [0.717, 1.165) is 32.6 Å². The third kappa shape index (κ3) is 2.36. The number of hydrogen-bond acceptors (Lipinski definition) is 1. The highest BCUT2D eigenvalue weighted by Crippen LogP contribution is 2.36. The highest BCUT2D eigenvalue weighted by molar-refractivity contribution is 6.24. The molecule has 1 amide bonds. The van der Waals surface area contributed by atoms with Crippen molar-refractivity contribution in [3.63, 3.8) is 0 Å². The summed E-state index contributed by atoms with van der Waals surface area (Å²) < 4.78 is 2.02. The first kappa shape index (κ1) is 15.6. The second kappa shape index (κ2) is 5.86. The standard InChI is InChI=1S/C20H20N4O/c1-12-15-11-24(2)10-7-13(15)18(20(25)22-9-8-21)19-17(12)14-5-3-4-6-16(14)23-19/h3-7,10-11H,8-9,21H2,1-2H3,(H,22,25)/p+2. The first-order valence-electron chi connectivity index (χ1n) is 8.51. The van der Waals surface area contributed by atoms with E-state index < -0.39 is 0 Å². The van der Waals surface area contributed by atoms with Crippen molar-refractivity contribution in [3.8, 4) is 0 Å². The molecule has 0 atom stereocenters. The second-order valence-corrected chi connectivity index (χ2v) is 6.47. The van der Waals surface area contributed by atoms with E-state index >= 15 is 0 Å². The molecular weight excluding hydrogens is 312 g/mol. The molecule has 2 aromatic carbocycles. The van der Waals surface area contributed by atoms with Crippen LogP contribution in [0.1, 0.15) is 15.9 Å². The van der Waals surface area contributed by atoms with Gasteiger partial charge < -0.3 is 16.0 Å². The van der Waals surface area contributed by atoms with Crippen LogP contribution in [-0.4, -0.2) is 24.0 Å². The molecule has 25 heavy (non-hydrogen) atoms. The molecule has 0 saturated heterocycles. The van der Waals surface area contributed by atoms with E-state index in [-0.39, 0.29) is 5.91 Å². The molecule has 5 heteroatoms. The lowest BCUT2D eigenvalue weighted by atomic mass is 9.95. The summed E-state index contributed by atoms with van der Waals surface area (Å²) in [4.78, 5) is 16.4. The van der Waals surface area contributed by atoms with Crippen LogP contribution >= 0.6 is 0 Å². The largest absolute Gasteiger partial charge is 0.356 e. The van der Waals surface area contributed by atoms with Crippen molar-refractivity contribution in [2.45, 2.75) is 6.92 Å². The van der Waals surface area contributed by atoms with E-state index in [1.54, 1.807) is 0 Å². The number of para-hydroxylation sites is 1.